The second kappa shape index (κ2) is 8.81. The van der Waals surface area contributed by atoms with Gasteiger partial charge in [0.1, 0.15) is 0 Å². The van der Waals surface area contributed by atoms with E-state index in [2.05, 4.69) is 23.6 Å². The number of nitrogens with one attached hydrogen (secondary N) is 2. The Balaban J connectivity index is 2.45. The Morgan fingerprint density at radius 1 is 1.33 bits per heavy atom. The topological polar surface area (TPSA) is 41.1 Å². The first-order valence-corrected chi connectivity index (χ1v) is 6.99. The van der Waals surface area contributed by atoms with Gasteiger partial charge in [0.2, 0.25) is 0 Å². The van der Waals surface area contributed by atoms with Crippen molar-refractivity contribution in [1.29, 1.82) is 0 Å². The van der Waals surface area contributed by atoms with E-state index in [1.54, 1.807) is 0 Å². The molecular weight excluding hydrogens is 248 g/mol. The highest BCUT2D eigenvalue weighted by Crippen LogP contribution is 2.13. The van der Waals surface area contributed by atoms with Crippen LogP contribution < -0.4 is 10.6 Å². The van der Waals surface area contributed by atoms with E-state index in [0.29, 0.717) is 12.4 Å². The molecule has 0 aliphatic heterocycles. The average molecular weight is 269 g/mol. The molecule has 0 unspecified atom stereocenters. The molecule has 0 fully saturated rings. The minimum absolute atomic E-state index is 0.207. The van der Waals surface area contributed by atoms with Crippen molar-refractivity contribution < 1.29 is 4.79 Å². The van der Waals surface area contributed by atoms with Crippen molar-refractivity contribution in [3.05, 3.63) is 29.8 Å². The van der Waals surface area contributed by atoms with Crippen molar-refractivity contribution in [2.75, 3.05) is 17.7 Å². The van der Waals surface area contributed by atoms with Crippen LogP contribution in [0.25, 0.3) is 0 Å². The summed E-state index contributed by atoms with van der Waals surface area (Å²) in [5, 5.41) is 5.47. The third-order valence-corrected chi connectivity index (χ3v) is 2.82. The van der Waals surface area contributed by atoms with E-state index in [9.17, 15) is 4.79 Å². The number of alkyl halides is 1. The standard InChI is InChI=1S/C14H21ClN2O/c1-2-3-4-6-12-7-5-8-13(11-12)17-14(18)16-10-9-15/h5,7-8,11H,2-4,6,9-10H2,1H3,(H2,16,17,18). The molecule has 1 aromatic carbocycles. The predicted molar refractivity (Wildman–Crippen MR) is 77.4 cm³/mol. The van der Waals surface area contributed by atoms with Crippen LogP contribution in [0.3, 0.4) is 0 Å². The van der Waals surface area contributed by atoms with Crippen LogP contribution in [0.4, 0.5) is 10.5 Å². The first kappa shape index (κ1) is 14.8. The molecule has 100 valence electrons. The van der Waals surface area contributed by atoms with Gasteiger partial charge in [-0.1, -0.05) is 31.9 Å². The molecule has 0 radical (unpaired) electrons. The van der Waals surface area contributed by atoms with Gasteiger partial charge in [-0.3, -0.25) is 0 Å². The quantitative estimate of drug-likeness (QED) is 0.573. The van der Waals surface area contributed by atoms with Gasteiger partial charge in [-0.2, -0.15) is 0 Å². The molecule has 0 saturated carbocycles. The van der Waals surface area contributed by atoms with E-state index >= 15 is 0 Å². The highest BCUT2D eigenvalue weighted by atomic mass is 35.5. The lowest BCUT2D eigenvalue weighted by atomic mass is 10.1. The number of aryl methyl sites for hydroxylation is 1. The number of rotatable bonds is 7. The molecule has 4 heteroatoms. The first-order chi connectivity index (χ1) is 8.76. The zero-order valence-electron chi connectivity index (χ0n) is 10.8. The van der Waals surface area contributed by atoms with Gasteiger partial charge < -0.3 is 10.6 Å². The van der Waals surface area contributed by atoms with Crippen LogP contribution in [-0.4, -0.2) is 18.5 Å². The highest BCUT2D eigenvalue weighted by molar-refractivity contribution is 6.18. The third kappa shape index (κ3) is 5.92. The van der Waals surface area contributed by atoms with Gasteiger partial charge in [0, 0.05) is 18.1 Å². The number of amides is 2. The molecule has 0 spiro atoms. The molecule has 0 aromatic heterocycles. The highest BCUT2D eigenvalue weighted by Gasteiger charge is 2.01. The molecule has 0 atom stereocenters. The number of hydrogen-bond donors (Lipinski definition) is 2. The van der Waals surface area contributed by atoms with Crippen molar-refractivity contribution in [1.82, 2.24) is 5.32 Å². The lowest BCUT2D eigenvalue weighted by Crippen LogP contribution is -2.30. The number of carbonyl (C=O) groups is 1. The summed E-state index contributed by atoms with van der Waals surface area (Å²) >= 11 is 5.50. The first-order valence-electron chi connectivity index (χ1n) is 6.46. The van der Waals surface area contributed by atoms with Crippen LogP contribution in [0, 0.1) is 0 Å². The summed E-state index contributed by atoms with van der Waals surface area (Å²) in [5.41, 5.74) is 2.09. The van der Waals surface area contributed by atoms with Crippen molar-refractivity contribution in [2.24, 2.45) is 0 Å². The zero-order chi connectivity index (χ0) is 13.2. The molecule has 1 rings (SSSR count). The maximum absolute atomic E-state index is 11.5. The van der Waals surface area contributed by atoms with Crippen LogP contribution >= 0.6 is 11.6 Å². The second-order valence-electron chi connectivity index (χ2n) is 4.23. The number of benzene rings is 1. The Morgan fingerprint density at radius 2 is 2.17 bits per heavy atom. The normalized spacial score (nSPS) is 10.1. The number of halogens is 1. The van der Waals surface area contributed by atoms with Crippen LogP contribution in [0.5, 0.6) is 0 Å². The van der Waals surface area contributed by atoms with Crippen molar-refractivity contribution in [3.8, 4) is 0 Å². The van der Waals surface area contributed by atoms with E-state index in [4.69, 9.17) is 11.6 Å². The van der Waals surface area contributed by atoms with Crippen molar-refractivity contribution in [2.45, 2.75) is 32.6 Å². The van der Waals surface area contributed by atoms with E-state index in [0.717, 1.165) is 12.1 Å². The van der Waals surface area contributed by atoms with Crippen LogP contribution in [0.1, 0.15) is 31.7 Å². The van der Waals surface area contributed by atoms with E-state index in [1.807, 2.05) is 18.2 Å². The average Bonchev–Trinajstić information content (AvgIpc) is 2.37. The summed E-state index contributed by atoms with van der Waals surface area (Å²) in [6, 6.07) is 7.77. The third-order valence-electron chi connectivity index (χ3n) is 2.63. The fourth-order valence-electron chi connectivity index (χ4n) is 1.72. The van der Waals surface area contributed by atoms with Crippen molar-refractivity contribution >= 4 is 23.3 Å². The molecule has 3 nitrogen and oxygen atoms in total. The SMILES string of the molecule is CCCCCc1cccc(NC(=O)NCCCl)c1. The molecule has 0 saturated heterocycles. The number of unbranched alkanes of at least 4 members (excludes halogenated alkanes) is 2. The second-order valence-corrected chi connectivity index (χ2v) is 4.61. The number of anilines is 1. The molecule has 2 amide bonds. The Hall–Kier alpha value is -1.22. The van der Waals surface area contributed by atoms with E-state index in [-0.39, 0.29) is 6.03 Å². The summed E-state index contributed by atoms with van der Waals surface area (Å²) in [6.07, 6.45) is 4.72. The summed E-state index contributed by atoms with van der Waals surface area (Å²) < 4.78 is 0. The minimum atomic E-state index is -0.207. The minimum Gasteiger partial charge on any atom is -0.337 e. The Morgan fingerprint density at radius 3 is 2.89 bits per heavy atom. The summed E-state index contributed by atoms with van der Waals surface area (Å²) in [4.78, 5) is 11.5. The van der Waals surface area contributed by atoms with Gasteiger partial charge in [-0.05, 0) is 30.5 Å². The summed E-state index contributed by atoms with van der Waals surface area (Å²) in [7, 11) is 0. The van der Waals surface area contributed by atoms with Crippen LogP contribution in [-0.2, 0) is 6.42 Å². The monoisotopic (exact) mass is 268 g/mol. The molecule has 2 N–H and O–H groups in total. The molecule has 0 heterocycles. The van der Waals surface area contributed by atoms with Gasteiger partial charge in [-0.15, -0.1) is 11.6 Å². The predicted octanol–water partition coefficient (Wildman–Crippen LogP) is 3.78. The van der Waals surface area contributed by atoms with Crippen LogP contribution in [0.15, 0.2) is 24.3 Å². The van der Waals surface area contributed by atoms with E-state index in [1.165, 1.54) is 24.8 Å². The Labute approximate surface area is 114 Å². The smallest absolute Gasteiger partial charge is 0.319 e. The van der Waals surface area contributed by atoms with Crippen molar-refractivity contribution in [3.63, 3.8) is 0 Å². The number of carbonyl (C=O) groups excluding carboxylic acids is 1. The molecule has 1 aromatic rings. The summed E-state index contributed by atoms with van der Waals surface area (Å²) in [5.74, 6) is 0.421. The molecule has 0 bridgehead atoms. The van der Waals surface area contributed by atoms with E-state index < -0.39 is 0 Å². The largest absolute Gasteiger partial charge is 0.337 e. The maximum Gasteiger partial charge on any atom is 0.319 e. The lowest BCUT2D eigenvalue weighted by Gasteiger charge is -2.08. The van der Waals surface area contributed by atoms with Gasteiger partial charge in [0.05, 0.1) is 0 Å². The molecular formula is C14H21ClN2O. The Kier molecular flexibility index (Phi) is 7.26. The molecule has 0 aliphatic rings. The molecule has 18 heavy (non-hydrogen) atoms. The summed E-state index contributed by atoms with van der Waals surface area (Å²) in [6.45, 7) is 2.67. The fourth-order valence-corrected chi connectivity index (χ4v) is 1.81. The Bertz CT molecular complexity index is 369. The fraction of sp³-hybridized carbons (Fsp3) is 0.500. The van der Waals surface area contributed by atoms with Gasteiger partial charge >= 0.3 is 6.03 Å². The lowest BCUT2D eigenvalue weighted by molar-refractivity contribution is 0.252. The van der Waals surface area contributed by atoms with Crippen LogP contribution in [0.2, 0.25) is 0 Å². The number of urea groups is 1. The van der Waals surface area contributed by atoms with Gasteiger partial charge in [0.15, 0.2) is 0 Å². The zero-order valence-corrected chi connectivity index (χ0v) is 11.6. The maximum atomic E-state index is 11.5. The molecule has 0 aliphatic carbocycles. The number of hydrogen-bond acceptors (Lipinski definition) is 1. The van der Waals surface area contributed by atoms with Gasteiger partial charge in [0.25, 0.3) is 0 Å². The van der Waals surface area contributed by atoms with Gasteiger partial charge in [-0.25, -0.2) is 4.79 Å².